The van der Waals surface area contributed by atoms with Crippen LogP contribution >= 0.6 is 0 Å². The summed E-state index contributed by atoms with van der Waals surface area (Å²) in [5, 5.41) is 0. The number of hydrogen-bond donors (Lipinski definition) is 0. The van der Waals surface area contributed by atoms with Crippen LogP contribution in [0, 0.1) is 40.4 Å². The molecule has 0 heterocycles. The Hall–Kier alpha value is 0.998. The average Bonchev–Trinajstić information content (AvgIpc) is 1.19. The number of alkyl halides is 3. The van der Waals surface area contributed by atoms with E-state index >= 15 is 0 Å². The van der Waals surface area contributed by atoms with Gasteiger partial charge in [-0.1, -0.05) is 0 Å². The van der Waals surface area contributed by atoms with Gasteiger partial charge in [-0.2, -0.15) is 13.2 Å². The normalized spacial score (nSPS) is 9.40. The van der Waals surface area contributed by atoms with Gasteiger partial charge in [-0.25, -0.2) is 0 Å². The van der Waals surface area contributed by atoms with Gasteiger partial charge in [0.25, 0.3) is 0 Å². The van der Waals surface area contributed by atoms with Crippen molar-refractivity contribution in [3.05, 3.63) is 0 Å². The van der Waals surface area contributed by atoms with E-state index in [9.17, 15) is 13.2 Å². The Labute approximate surface area is 87.5 Å². The second-order valence-corrected chi connectivity index (χ2v) is 1.47. The number of hydrogen-bond acceptors (Lipinski definition) is 4. The molecule has 0 fully saturated rings. The fraction of sp³-hybridized carbons (Fsp3) is 1.00. The van der Waals surface area contributed by atoms with Crippen LogP contribution < -0.4 is 0 Å². The molecule has 0 aliphatic heterocycles. The fourth-order valence-electron chi connectivity index (χ4n) is 0. The predicted molar refractivity (Wildman–Crippen MR) is 17.6 cm³/mol. The van der Waals surface area contributed by atoms with Crippen LogP contribution in [0.5, 0.6) is 0 Å². The Morgan fingerprint density at radius 1 is 1.10 bits per heavy atom. The summed E-state index contributed by atoms with van der Waals surface area (Å²) in [6.45, 7) is -3.67. The van der Waals surface area contributed by atoms with Crippen LogP contribution in [0.15, 0.2) is 0 Å². The summed E-state index contributed by atoms with van der Waals surface area (Å²) >= 11 is 0. The molecule has 0 bridgehead atoms. The van der Waals surface area contributed by atoms with E-state index in [0.29, 0.717) is 0 Å². The summed E-state index contributed by atoms with van der Waals surface area (Å²) in [7, 11) is -5.17. The maximum absolute atomic E-state index is 9.67. The quantitative estimate of drug-likeness (QED) is 0.459. The fourth-order valence-corrected chi connectivity index (χ4v) is 0. The number of halogens is 3. The van der Waals surface area contributed by atoms with E-state index < -0.39 is 17.1 Å². The molecule has 10 heavy (non-hydrogen) atoms. The van der Waals surface area contributed by atoms with E-state index in [1.165, 1.54) is 0 Å². The van der Waals surface area contributed by atoms with Crippen molar-refractivity contribution >= 4 is 10.4 Å². The zero-order valence-corrected chi connectivity index (χ0v) is 7.60. The van der Waals surface area contributed by atoms with Gasteiger partial charge in [0.1, 0.15) is 0 Å². The molecule has 0 unspecified atom stereocenters. The minimum Gasteiger partial charge on any atom is -0.759 e. The topological polar surface area (TPSA) is 80.3 Å². The molecule has 0 aliphatic carbocycles. The van der Waals surface area contributed by atoms with Gasteiger partial charge in [0.2, 0.25) is 0 Å². The van der Waals surface area contributed by atoms with Crippen LogP contribution in [0.1, 0.15) is 0 Å². The number of rotatable bonds is 0. The maximum Gasteiger partial charge on any atom is 0.379 e. The second-order valence-electron chi connectivity index (χ2n) is 0.656. The van der Waals surface area contributed by atoms with Gasteiger partial charge in [0.15, 0.2) is 0 Å². The summed E-state index contributed by atoms with van der Waals surface area (Å²) in [6.07, 6.45) is 0. The molecule has 0 radical (unpaired) electrons. The Balaban J connectivity index is -0.0000000910. The van der Waals surface area contributed by atoms with Crippen molar-refractivity contribution in [2.24, 2.45) is 0 Å². The molecule has 0 aliphatic rings. The van der Waals surface area contributed by atoms with Crippen LogP contribution in [-0.4, -0.2) is 24.2 Å². The summed E-state index contributed by atoms with van der Waals surface area (Å²) in [6, 6.07) is 0. The Morgan fingerprint density at radius 3 is 1.10 bits per heavy atom. The molecular weight excluding hydrogens is 315 g/mol. The van der Waals surface area contributed by atoms with E-state index in [1.54, 1.807) is 0 Å². The van der Waals surface area contributed by atoms with E-state index in [0.717, 1.165) is 0 Å². The molecule has 0 spiro atoms. The second kappa shape index (κ2) is 8.10. The van der Waals surface area contributed by atoms with Crippen molar-refractivity contribution in [1.29, 1.82) is 0 Å². The molecule has 9 heteroatoms. The monoisotopic (exact) mass is 318 g/mol. The van der Waals surface area contributed by atoms with Crippen molar-refractivity contribution in [3.63, 3.8) is 0 Å². The third kappa shape index (κ3) is 578. The SMILES string of the molecule is FC(F)F.O=S(=O)([O-])[O-].[Sm]. The standard InChI is InChI=1S/CHF3.H2O4S.Sm/c2-1(3)4;1-5(2,3)4;/h1H;(H2,1,2,3,4);/p-2. The predicted octanol–water partition coefficient (Wildman–Crippen LogP) is -0.159. The van der Waals surface area contributed by atoms with Crippen molar-refractivity contribution in [2.45, 2.75) is 6.68 Å². The third-order valence-electron chi connectivity index (χ3n) is 0. The van der Waals surface area contributed by atoms with Crippen LogP contribution in [0.2, 0.25) is 0 Å². The minimum atomic E-state index is -5.17. The smallest absolute Gasteiger partial charge is 0.379 e. The molecule has 4 nitrogen and oxygen atoms in total. The van der Waals surface area contributed by atoms with E-state index in [4.69, 9.17) is 17.5 Å². The first kappa shape index (κ1) is 17.2. The molecule has 0 N–H and O–H groups in total. The first-order chi connectivity index (χ1) is 3.73. The molecule has 0 atom stereocenters. The largest absolute Gasteiger partial charge is 0.759 e. The van der Waals surface area contributed by atoms with Gasteiger partial charge < -0.3 is 9.11 Å². The van der Waals surface area contributed by atoms with Crippen molar-refractivity contribution < 1.29 is 71.1 Å². The van der Waals surface area contributed by atoms with E-state index in [-0.39, 0.29) is 40.4 Å². The van der Waals surface area contributed by atoms with E-state index in [2.05, 4.69) is 0 Å². The molecule has 0 rings (SSSR count). The molecule has 0 saturated carbocycles. The van der Waals surface area contributed by atoms with Crippen LogP contribution in [0.3, 0.4) is 0 Å². The Bertz CT molecular complexity index is 132. The Morgan fingerprint density at radius 2 is 1.10 bits per heavy atom. The molecule has 0 aromatic heterocycles. The summed E-state index contributed by atoms with van der Waals surface area (Å²) in [5.41, 5.74) is 0. The van der Waals surface area contributed by atoms with Crippen molar-refractivity contribution in [1.82, 2.24) is 0 Å². The van der Waals surface area contributed by atoms with Crippen LogP contribution in [0.25, 0.3) is 0 Å². The summed E-state index contributed by atoms with van der Waals surface area (Å²) < 4.78 is 63.1. The van der Waals surface area contributed by atoms with Crippen LogP contribution in [-0.2, 0) is 10.4 Å². The van der Waals surface area contributed by atoms with Gasteiger partial charge in [-0.05, 0) is 0 Å². The average molecular weight is 316 g/mol. The van der Waals surface area contributed by atoms with E-state index in [1.807, 2.05) is 0 Å². The van der Waals surface area contributed by atoms with Gasteiger partial charge in [0, 0.05) is 50.8 Å². The maximum atomic E-state index is 9.67. The first-order valence-corrected chi connectivity index (χ1v) is 2.65. The molecule has 0 aromatic carbocycles. The molecule has 0 amide bonds. The van der Waals surface area contributed by atoms with Gasteiger partial charge in [0.05, 0.1) is 0 Å². The van der Waals surface area contributed by atoms with Crippen molar-refractivity contribution in [3.8, 4) is 0 Å². The zero-order valence-electron chi connectivity index (χ0n) is 4.16. The van der Waals surface area contributed by atoms with Gasteiger partial charge in [-0.15, -0.1) is 0 Å². The minimum absolute atomic E-state index is 0. The Kier molecular flexibility index (Phi) is 13.9. The summed E-state index contributed by atoms with van der Waals surface area (Å²) in [4.78, 5) is 0. The van der Waals surface area contributed by atoms with Crippen molar-refractivity contribution in [2.75, 3.05) is 0 Å². The molecule has 0 aromatic rings. The van der Waals surface area contributed by atoms with Crippen LogP contribution in [0.4, 0.5) is 13.2 Å². The van der Waals surface area contributed by atoms with Gasteiger partial charge in [-0.3, -0.25) is 8.42 Å². The van der Waals surface area contributed by atoms with Gasteiger partial charge >= 0.3 is 6.68 Å². The third-order valence-corrected chi connectivity index (χ3v) is 0. The first-order valence-electron chi connectivity index (χ1n) is 1.32. The molecule has 0 saturated heterocycles. The molecular formula is CHF3O4SSm-2. The summed E-state index contributed by atoms with van der Waals surface area (Å²) in [5.74, 6) is 0. The zero-order chi connectivity index (χ0) is 8.08. The molecule has 64 valence electrons.